The minimum atomic E-state index is 0.762. The molecule has 0 heterocycles. The molecule has 0 aromatic heterocycles. The highest BCUT2D eigenvalue weighted by Crippen LogP contribution is 2.86. The second-order valence-electron chi connectivity index (χ2n) is 25.5. The van der Waals surface area contributed by atoms with E-state index in [1.165, 1.54) is 18.3 Å². The van der Waals surface area contributed by atoms with Crippen molar-refractivity contribution in [3.05, 3.63) is 0 Å². The SMILES string of the molecule is CCC1CC2CC3CCC4C5CCCCC5C5C6CC(C7C8C(C)CCCC8C8CCCC(C)C87)CCC6C6(C2C(C1)C1C2CCCCC2C(C)C16)C3C45. The molecule has 0 bridgehead atoms. The molecule has 0 radical (unpaired) electrons. The van der Waals surface area contributed by atoms with E-state index in [0.717, 1.165) is 147 Å². The molecule has 0 saturated heterocycles. The Bertz CT molecular complexity index is 1420. The molecule has 0 heteroatoms. The van der Waals surface area contributed by atoms with Gasteiger partial charge < -0.3 is 0 Å². The van der Waals surface area contributed by atoms with Gasteiger partial charge in [-0.2, -0.15) is 0 Å². The van der Waals surface area contributed by atoms with Gasteiger partial charge in [0.2, 0.25) is 0 Å². The first-order valence-corrected chi connectivity index (χ1v) is 26.5. The molecule has 1 spiro atoms. The van der Waals surface area contributed by atoms with E-state index in [4.69, 9.17) is 0 Å². The summed E-state index contributed by atoms with van der Waals surface area (Å²) < 4.78 is 0. The predicted molar refractivity (Wildman–Crippen MR) is 222 cm³/mol. The van der Waals surface area contributed by atoms with Crippen LogP contribution < -0.4 is 0 Å². The average molecular weight is 733 g/mol. The number of hydrogen-bond donors (Lipinski definition) is 0. The van der Waals surface area contributed by atoms with Crippen LogP contribution in [0.1, 0.15) is 175 Å². The molecule has 0 aromatic rings. The van der Waals surface area contributed by atoms with Crippen molar-refractivity contribution in [1.82, 2.24) is 0 Å². The Hall–Kier alpha value is 0. The maximum atomic E-state index is 2.96. The summed E-state index contributed by atoms with van der Waals surface area (Å²) in [5, 5.41) is 0. The summed E-state index contributed by atoms with van der Waals surface area (Å²) >= 11 is 0. The zero-order valence-corrected chi connectivity index (χ0v) is 35.8. The minimum Gasteiger partial charge on any atom is -0.0651 e. The number of fused-ring (bicyclic) bond motifs is 12. The molecular formula is C54H84. The molecule has 54 heavy (non-hydrogen) atoms. The topological polar surface area (TPSA) is 0 Å². The molecule has 0 aliphatic heterocycles. The van der Waals surface area contributed by atoms with E-state index >= 15 is 0 Å². The van der Waals surface area contributed by atoms with Gasteiger partial charge in [0.05, 0.1) is 0 Å². The quantitative estimate of drug-likeness (QED) is 0.265. The fourth-order valence-electron chi connectivity index (χ4n) is 25.0. The van der Waals surface area contributed by atoms with Gasteiger partial charge in [0.25, 0.3) is 0 Å². The third-order valence-electron chi connectivity index (χ3n) is 25.1. The molecular weight excluding hydrogens is 649 g/mol. The lowest BCUT2D eigenvalue weighted by Gasteiger charge is -2.72. The normalized spacial score (nSPS) is 65.8. The highest BCUT2D eigenvalue weighted by Gasteiger charge is 2.81. The van der Waals surface area contributed by atoms with Gasteiger partial charge in [-0.25, -0.2) is 0 Å². The first kappa shape index (κ1) is 34.8. The summed E-state index contributed by atoms with van der Waals surface area (Å²) in [6.07, 6.45) is 37.5. The van der Waals surface area contributed by atoms with Crippen LogP contribution in [0.4, 0.5) is 0 Å². The van der Waals surface area contributed by atoms with Crippen LogP contribution in [0.5, 0.6) is 0 Å². The molecule has 13 fully saturated rings. The molecule has 300 valence electrons. The Balaban J connectivity index is 0.971. The van der Waals surface area contributed by atoms with Crippen molar-refractivity contribution in [3.63, 3.8) is 0 Å². The lowest BCUT2D eigenvalue weighted by Crippen LogP contribution is -2.67. The largest absolute Gasteiger partial charge is 0.0651 e. The lowest BCUT2D eigenvalue weighted by atomic mass is 9.33. The minimum absolute atomic E-state index is 0.762. The Labute approximate surface area is 333 Å². The van der Waals surface area contributed by atoms with Crippen LogP contribution in [-0.2, 0) is 0 Å². The second-order valence-corrected chi connectivity index (χ2v) is 25.5. The summed E-state index contributed by atoms with van der Waals surface area (Å²) in [6.45, 7) is 11.1. The first-order valence-electron chi connectivity index (χ1n) is 26.5. The van der Waals surface area contributed by atoms with Gasteiger partial charge in [-0.1, -0.05) is 85.5 Å². The summed E-state index contributed by atoms with van der Waals surface area (Å²) in [5.41, 5.74) is 0.762. The maximum Gasteiger partial charge on any atom is -0.0165 e. The smallest absolute Gasteiger partial charge is 0.0165 e. The van der Waals surface area contributed by atoms with Gasteiger partial charge in [-0.05, 0) is 249 Å². The van der Waals surface area contributed by atoms with Gasteiger partial charge in [-0.3, -0.25) is 0 Å². The predicted octanol–water partition coefficient (Wildman–Crippen LogP) is 14.2. The van der Waals surface area contributed by atoms with Crippen LogP contribution >= 0.6 is 0 Å². The van der Waals surface area contributed by atoms with Crippen LogP contribution in [0.2, 0.25) is 0 Å². The van der Waals surface area contributed by atoms with Gasteiger partial charge in [0, 0.05) is 0 Å². The first-order chi connectivity index (χ1) is 26.5. The molecule has 13 aliphatic rings. The Morgan fingerprint density at radius 3 is 1.70 bits per heavy atom. The summed E-state index contributed by atoms with van der Waals surface area (Å²) in [4.78, 5) is 0. The van der Waals surface area contributed by atoms with E-state index in [-0.39, 0.29) is 0 Å². The standard InChI is InChI=1S/C54H84/c1-5-31-24-34-26-33-20-22-41-36-15-7-9-17-38(36)48-42-27-32(47-45-28(2)12-10-18-39(45)40-19-11-13-29(3)46(40)47)21-23-44(42)54(53(33)50(41)48)51-30(4)35-14-6-8-16-37(35)49(51)43(25-31)52(34)54/h28-53H,5-27H2,1-4H3. The number of rotatable bonds is 2. The fraction of sp³-hybridized carbons (Fsp3) is 1.00. The van der Waals surface area contributed by atoms with E-state index in [1.807, 2.05) is 0 Å². The van der Waals surface area contributed by atoms with Crippen LogP contribution in [0.3, 0.4) is 0 Å². The van der Waals surface area contributed by atoms with Gasteiger partial charge in [-0.15, -0.1) is 0 Å². The van der Waals surface area contributed by atoms with E-state index in [0.29, 0.717) is 0 Å². The van der Waals surface area contributed by atoms with E-state index in [1.54, 1.807) is 141 Å². The highest BCUT2D eigenvalue weighted by atomic mass is 14.9. The molecule has 13 saturated carbocycles. The van der Waals surface area contributed by atoms with Crippen LogP contribution in [-0.4, -0.2) is 0 Å². The highest BCUT2D eigenvalue weighted by molar-refractivity contribution is 5.28. The van der Waals surface area contributed by atoms with Crippen molar-refractivity contribution in [2.75, 3.05) is 0 Å². The van der Waals surface area contributed by atoms with Crippen molar-refractivity contribution >= 4 is 0 Å². The molecule has 26 atom stereocenters. The summed E-state index contributed by atoms with van der Waals surface area (Å²) in [7, 11) is 0. The average Bonchev–Trinajstić information content (AvgIpc) is 3.91. The van der Waals surface area contributed by atoms with Crippen molar-refractivity contribution in [2.24, 2.45) is 159 Å². The van der Waals surface area contributed by atoms with E-state index in [2.05, 4.69) is 27.7 Å². The van der Waals surface area contributed by atoms with Crippen molar-refractivity contribution in [1.29, 1.82) is 0 Å². The van der Waals surface area contributed by atoms with Gasteiger partial charge in [0.15, 0.2) is 0 Å². The van der Waals surface area contributed by atoms with Gasteiger partial charge >= 0.3 is 0 Å². The van der Waals surface area contributed by atoms with E-state index in [9.17, 15) is 0 Å². The van der Waals surface area contributed by atoms with Crippen LogP contribution in [0.15, 0.2) is 0 Å². The molecule has 0 N–H and O–H groups in total. The maximum absolute atomic E-state index is 2.96. The lowest BCUT2D eigenvalue weighted by molar-refractivity contribution is -0.244. The molecule has 13 rings (SSSR count). The molecule has 13 aliphatic carbocycles. The van der Waals surface area contributed by atoms with E-state index < -0.39 is 0 Å². The Morgan fingerprint density at radius 1 is 0.370 bits per heavy atom. The van der Waals surface area contributed by atoms with Crippen molar-refractivity contribution < 1.29 is 0 Å². The van der Waals surface area contributed by atoms with Crippen LogP contribution in [0, 0.1) is 159 Å². The zero-order valence-electron chi connectivity index (χ0n) is 35.8. The zero-order chi connectivity index (χ0) is 35.8. The Morgan fingerprint density at radius 2 is 0.981 bits per heavy atom. The monoisotopic (exact) mass is 733 g/mol. The van der Waals surface area contributed by atoms with Crippen molar-refractivity contribution in [2.45, 2.75) is 175 Å². The summed E-state index contributed by atoms with van der Waals surface area (Å²) in [6, 6.07) is 0. The Kier molecular flexibility index (Phi) is 8.07. The van der Waals surface area contributed by atoms with Crippen LogP contribution in [0.25, 0.3) is 0 Å². The molecule has 0 nitrogen and oxygen atoms in total. The number of hydrogen-bond acceptors (Lipinski definition) is 0. The van der Waals surface area contributed by atoms with Crippen molar-refractivity contribution in [3.8, 4) is 0 Å². The third-order valence-corrected chi connectivity index (χ3v) is 25.1. The molecule has 0 aromatic carbocycles. The molecule has 26 unspecified atom stereocenters. The third kappa shape index (κ3) is 4.27. The summed E-state index contributed by atoms with van der Waals surface area (Å²) in [5.74, 6) is 29.0. The molecule has 0 amide bonds. The second kappa shape index (κ2) is 12.5. The van der Waals surface area contributed by atoms with Gasteiger partial charge in [0.1, 0.15) is 0 Å². The fourth-order valence-corrected chi connectivity index (χ4v) is 25.0.